The van der Waals surface area contributed by atoms with Crippen LogP contribution < -0.4 is 16.0 Å². The molecule has 2 heterocycles. The number of alkyl carbamates (subject to hydrolysis) is 1. The highest BCUT2D eigenvalue weighted by Crippen LogP contribution is 2.28. The summed E-state index contributed by atoms with van der Waals surface area (Å²) in [5.41, 5.74) is 6.45. The van der Waals surface area contributed by atoms with Crippen molar-refractivity contribution in [3.63, 3.8) is 0 Å². The molecule has 0 saturated carbocycles. The number of ether oxygens (including phenoxy) is 2. The van der Waals surface area contributed by atoms with Crippen molar-refractivity contribution in [1.82, 2.24) is 10.3 Å². The molecule has 10 heteroatoms. The Balaban J connectivity index is 1.51. The molecule has 9 nitrogen and oxygen atoms in total. The van der Waals surface area contributed by atoms with E-state index in [4.69, 9.17) is 20.6 Å². The number of aromatic hydroxyl groups is 1. The summed E-state index contributed by atoms with van der Waals surface area (Å²) in [6, 6.07) is 8.12. The Morgan fingerprint density at radius 2 is 2.18 bits per heavy atom. The predicted molar refractivity (Wildman–Crippen MR) is 98.3 cm³/mol. The van der Waals surface area contributed by atoms with Crippen molar-refractivity contribution in [2.45, 2.75) is 19.3 Å². The fraction of sp³-hybridized carbons (Fsp3) is 0.278. The van der Waals surface area contributed by atoms with Crippen LogP contribution in [-0.2, 0) is 22.7 Å². The summed E-state index contributed by atoms with van der Waals surface area (Å²) >= 11 is 0. The molecule has 0 atom stereocenters. The average molecular weight is 389 g/mol. The first-order valence-electron chi connectivity index (χ1n) is 8.48. The van der Waals surface area contributed by atoms with Crippen LogP contribution in [0.5, 0.6) is 5.88 Å². The number of aromatic nitrogens is 1. The summed E-state index contributed by atoms with van der Waals surface area (Å²) in [4.78, 5) is 16.9. The Labute approximate surface area is 160 Å². The van der Waals surface area contributed by atoms with E-state index in [9.17, 15) is 14.3 Å². The Bertz CT molecular complexity index is 873. The van der Waals surface area contributed by atoms with E-state index in [-0.39, 0.29) is 24.2 Å². The number of guanidine groups is 1. The number of nitrogens with one attached hydrogen (secondary N) is 2. The van der Waals surface area contributed by atoms with Crippen molar-refractivity contribution in [1.29, 1.82) is 5.41 Å². The predicted octanol–water partition coefficient (Wildman–Crippen LogP) is 1.45. The van der Waals surface area contributed by atoms with Gasteiger partial charge in [0.25, 0.3) is 0 Å². The van der Waals surface area contributed by atoms with Gasteiger partial charge in [0.15, 0.2) is 11.8 Å². The van der Waals surface area contributed by atoms with Crippen LogP contribution in [0.25, 0.3) is 0 Å². The molecule has 2 aromatic rings. The van der Waals surface area contributed by atoms with Crippen molar-refractivity contribution in [2.24, 2.45) is 5.73 Å². The number of rotatable bonds is 6. The second-order valence-electron chi connectivity index (χ2n) is 6.23. The quantitative estimate of drug-likeness (QED) is 0.434. The first-order chi connectivity index (χ1) is 13.4. The minimum absolute atomic E-state index is 0.0593. The van der Waals surface area contributed by atoms with Gasteiger partial charge in [0.05, 0.1) is 18.4 Å². The van der Waals surface area contributed by atoms with Gasteiger partial charge >= 0.3 is 6.09 Å². The number of anilines is 1. The zero-order chi connectivity index (χ0) is 20.1. The highest BCUT2D eigenvalue weighted by molar-refractivity contribution is 5.90. The van der Waals surface area contributed by atoms with Crippen LogP contribution in [0.4, 0.5) is 14.9 Å². The van der Waals surface area contributed by atoms with E-state index in [1.807, 2.05) is 10.2 Å². The Hall–Kier alpha value is -3.40. The number of pyridine rings is 1. The molecule has 3 rings (SSSR count). The zero-order valence-corrected chi connectivity index (χ0v) is 14.9. The maximum atomic E-state index is 14.7. The minimum atomic E-state index is -0.920. The highest BCUT2D eigenvalue weighted by Gasteiger charge is 2.30. The van der Waals surface area contributed by atoms with E-state index in [1.165, 1.54) is 18.3 Å². The number of benzene rings is 1. The largest absolute Gasteiger partial charge is 0.493 e. The van der Waals surface area contributed by atoms with Crippen LogP contribution in [0.3, 0.4) is 0 Å². The number of halogens is 1. The second kappa shape index (κ2) is 8.53. The van der Waals surface area contributed by atoms with E-state index in [1.54, 1.807) is 18.2 Å². The highest BCUT2D eigenvalue weighted by atomic mass is 19.1. The zero-order valence-electron chi connectivity index (χ0n) is 14.9. The van der Waals surface area contributed by atoms with Gasteiger partial charge in [0, 0.05) is 30.9 Å². The van der Waals surface area contributed by atoms with Crippen LogP contribution >= 0.6 is 0 Å². The van der Waals surface area contributed by atoms with Gasteiger partial charge < -0.3 is 25.2 Å². The molecule has 0 unspecified atom stereocenters. The third kappa shape index (κ3) is 4.86. The lowest BCUT2D eigenvalue weighted by Crippen LogP contribution is -2.52. The number of hydrogen-bond acceptors (Lipinski definition) is 7. The molecule has 1 aromatic carbocycles. The fourth-order valence-corrected chi connectivity index (χ4v) is 2.72. The molecule has 0 aliphatic carbocycles. The Morgan fingerprint density at radius 3 is 2.89 bits per heavy atom. The topological polar surface area (TPSA) is 134 Å². The van der Waals surface area contributed by atoms with Crippen LogP contribution in [0.1, 0.15) is 11.1 Å². The molecule has 1 aliphatic rings. The molecule has 1 fully saturated rings. The molecule has 28 heavy (non-hydrogen) atoms. The van der Waals surface area contributed by atoms with E-state index < -0.39 is 17.9 Å². The number of amides is 1. The van der Waals surface area contributed by atoms with E-state index in [0.29, 0.717) is 25.4 Å². The van der Waals surface area contributed by atoms with Crippen molar-refractivity contribution >= 4 is 17.7 Å². The molecule has 148 valence electrons. The molecule has 1 amide bonds. The fourth-order valence-electron chi connectivity index (χ4n) is 2.72. The van der Waals surface area contributed by atoms with E-state index >= 15 is 0 Å². The van der Waals surface area contributed by atoms with Gasteiger partial charge in [-0.2, -0.15) is 0 Å². The summed E-state index contributed by atoms with van der Waals surface area (Å²) in [6.07, 6.45) is 0.522. The van der Waals surface area contributed by atoms with Gasteiger partial charge in [-0.15, -0.1) is 0 Å². The SMILES string of the molecule is N=C(N)NC(=O)OCc1cccc(N2CC(OCc3ccnc(O)c3)C2)c1F. The Kier molecular flexibility index (Phi) is 5.90. The van der Waals surface area contributed by atoms with Crippen molar-refractivity contribution in [3.05, 3.63) is 53.5 Å². The molecule has 0 bridgehead atoms. The molecule has 1 aromatic heterocycles. The first kappa shape index (κ1) is 19.4. The van der Waals surface area contributed by atoms with E-state index in [2.05, 4.69) is 4.98 Å². The normalized spacial score (nSPS) is 13.7. The third-order valence-corrected chi connectivity index (χ3v) is 4.14. The molecule has 1 aliphatic heterocycles. The third-order valence-electron chi connectivity index (χ3n) is 4.14. The summed E-state index contributed by atoms with van der Waals surface area (Å²) in [6.45, 7) is 1.08. The lowest BCUT2D eigenvalue weighted by atomic mass is 10.1. The molecule has 1 saturated heterocycles. The maximum absolute atomic E-state index is 14.7. The van der Waals surface area contributed by atoms with Crippen molar-refractivity contribution < 1.29 is 23.8 Å². The van der Waals surface area contributed by atoms with Gasteiger partial charge in [-0.05, 0) is 17.7 Å². The second-order valence-corrected chi connectivity index (χ2v) is 6.23. The smallest absolute Gasteiger partial charge is 0.414 e. The van der Waals surface area contributed by atoms with Gasteiger partial charge in [-0.1, -0.05) is 12.1 Å². The monoisotopic (exact) mass is 389 g/mol. The molecular weight excluding hydrogens is 369 g/mol. The standard InChI is InChI=1S/C18H20FN5O4/c19-16-12(10-28-18(26)23-17(20)21)2-1-3-14(16)24-7-13(8-24)27-9-11-4-5-22-15(25)6-11/h1-6,13H,7-10H2,(H,22,25)(H4,20,21,23,26). The van der Waals surface area contributed by atoms with Crippen LogP contribution in [0, 0.1) is 11.2 Å². The number of nitrogens with two attached hydrogens (primary N) is 1. The van der Waals surface area contributed by atoms with Gasteiger partial charge in [0.1, 0.15) is 6.61 Å². The molecule has 5 N–H and O–H groups in total. The number of carbonyl (C=O) groups excluding carboxylic acids is 1. The number of nitrogens with zero attached hydrogens (tertiary/aromatic N) is 2. The molecular formula is C18H20FN5O4. The van der Waals surface area contributed by atoms with Gasteiger partial charge in [-0.3, -0.25) is 10.7 Å². The molecule has 0 spiro atoms. The maximum Gasteiger partial charge on any atom is 0.414 e. The average Bonchev–Trinajstić information content (AvgIpc) is 2.60. The lowest BCUT2D eigenvalue weighted by Gasteiger charge is -2.41. The minimum Gasteiger partial charge on any atom is -0.493 e. The van der Waals surface area contributed by atoms with Gasteiger partial charge in [-0.25, -0.2) is 14.2 Å². The summed E-state index contributed by atoms with van der Waals surface area (Å²) in [7, 11) is 0. The number of hydrogen-bond donors (Lipinski definition) is 4. The lowest BCUT2D eigenvalue weighted by molar-refractivity contribution is 0.0220. The first-order valence-corrected chi connectivity index (χ1v) is 8.48. The van der Waals surface area contributed by atoms with Gasteiger partial charge in [0.2, 0.25) is 5.88 Å². The summed E-state index contributed by atoms with van der Waals surface area (Å²) in [5.74, 6) is -1.09. The van der Waals surface area contributed by atoms with Crippen LogP contribution in [0.15, 0.2) is 36.5 Å². The van der Waals surface area contributed by atoms with Crippen molar-refractivity contribution in [3.8, 4) is 5.88 Å². The number of carbonyl (C=O) groups is 1. The van der Waals surface area contributed by atoms with Crippen LogP contribution in [-0.4, -0.2) is 41.3 Å². The van der Waals surface area contributed by atoms with Crippen LogP contribution in [0.2, 0.25) is 0 Å². The summed E-state index contributed by atoms with van der Waals surface area (Å²) in [5, 5.41) is 18.3. The Morgan fingerprint density at radius 1 is 1.39 bits per heavy atom. The van der Waals surface area contributed by atoms with Crippen molar-refractivity contribution in [2.75, 3.05) is 18.0 Å². The summed E-state index contributed by atoms with van der Waals surface area (Å²) < 4.78 is 25.3. The molecule has 0 radical (unpaired) electrons. The van der Waals surface area contributed by atoms with E-state index in [0.717, 1.165) is 5.56 Å².